The van der Waals surface area contributed by atoms with Gasteiger partial charge in [-0.25, -0.2) is 0 Å². The van der Waals surface area contributed by atoms with E-state index in [1.807, 2.05) is 13.8 Å². The van der Waals surface area contributed by atoms with Gasteiger partial charge in [-0.05, 0) is 56.3 Å². The molecular weight excluding hydrogens is 451 g/mol. The number of aryl methyl sites for hydroxylation is 1. The highest BCUT2D eigenvalue weighted by atomic mass is 32.1. The van der Waals surface area contributed by atoms with Crippen molar-refractivity contribution >= 4 is 22.2 Å². The molecule has 1 N–H and O–H groups in total. The lowest BCUT2D eigenvalue weighted by Crippen LogP contribution is -2.46. The molecule has 1 saturated heterocycles. The summed E-state index contributed by atoms with van der Waals surface area (Å²) in [6, 6.07) is 8.33. The Bertz CT molecular complexity index is 1100. The molecule has 0 saturated carbocycles. The van der Waals surface area contributed by atoms with Crippen LogP contribution in [0, 0.1) is 13.8 Å². The summed E-state index contributed by atoms with van der Waals surface area (Å²) in [5.41, 5.74) is 2.04. The minimum absolute atomic E-state index is 0.204. The number of hydrogen-bond donors (Lipinski definition) is 1. The summed E-state index contributed by atoms with van der Waals surface area (Å²) in [6.45, 7) is 7.22. The summed E-state index contributed by atoms with van der Waals surface area (Å²) in [6.07, 6.45) is -2.95. The standard InChI is InChI=1S/C24H26F3N3O2S/c1-15-16(2)33-23(28-22(31)19-5-4-14-32-19)20(15)21(30-12-10-29(3)11-13-30)17-6-8-18(9-7-17)24(25,26)27/h4-9,14,21H,10-13H2,1-3H3,(H,28,31). The summed E-state index contributed by atoms with van der Waals surface area (Å²) in [5, 5.41) is 3.67. The van der Waals surface area contributed by atoms with Crippen molar-refractivity contribution in [3.05, 3.63) is 75.6 Å². The number of halogens is 3. The molecule has 1 fully saturated rings. The van der Waals surface area contributed by atoms with E-state index in [0.717, 1.165) is 59.9 Å². The maximum atomic E-state index is 13.2. The normalized spacial score (nSPS) is 16.7. The highest BCUT2D eigenvalue weighted by Gasteiger charge is 2.33. The number of piperazine rings is 1. The number of alkyl halides is 3. The Balaban J connectivity index is 1.76. The summed E-state index contributed by atoms with van der Waals surface area (Å²) in [4.78, 5) is 18.3. The lowest BCUT2D eigenvalue weighted by molar-refractivity contribution is -0.137. The number of amides is 1. The van der Waals surface area contributed by atoms with Crippen molar-refractivity contribution in [2.75, 3.05) is 38.5 Å². The molecule has 0 spiro atoms. The van der Waals surface area contributed by atoms with Gasteiger partial charge in [-0.2, -0.15) is 13.2 Å². The zero-order chi connectivity index (χ0) is 23.8. The van der Waals surface area contributed by atoms with Crippen LogP contribution < -0.4 is 5.32 Å². The molecule has 1 unspecified atom stereocenters. The van der Waals surface area contributed by atoms with Crippen LogP contribution in [0.15, 0.2) is 47.1 Å². The zero-order valence-corrected chi connectivity index (χ0v) is 19.5. The van der Waals surface area contributed by atoms with Gasteiger partial charge in [0.2, 0.25) is 0 Å². The quantitative estimate of drug-likeness (QED) is 0.522. The van der Waals surface area contributed by atoms with E-state index >= 15 is 0 Å². The summed E-state index contributed by atoms with van der Waals surface area (Å²) >= 11 is 1.47. The smallest absolute Gasteiger partial charge is 0.416 e. The second-order valence-corrected chi connectivity index (χ2v) is 9.54. The van der Waals surface area contributed by atoms with E-state index in [-0.39, 0.29) is 17.7 Å². The maximum absolute atomic E-state index is 13.2. The number of benzene rings is 1. The van der Waals surface area contributed by atoms with Crippen LogP contribution >= 0.6 is 11.3 Å². The number of carbonyl (C=O) groups excluding carboxylic acids is 1. The molecular formula is C24H26F3N3O2S. The summed E-state index contributed by atoms with van der Waals surface area (Å²) < 4.78 is 44.8. The van der Waals surface area contributed by atoms with Gasteiger partial charge >= 0.3 is 6.18 Å². The largest absolute Gasteiger partial charge is 0.459 e. The maximum Gasteiger partial charge on any atom is 0.416 e. The molecule has 176 valence electrons. The van der Waals surface area contributed by atoms with Gasteiger partial charge in [0.05, 0.1) is 17.9 Å². The van der Waals surface area contributed by atoms with Crippen LogP contribution in [0.4, 0.5) is 18.2 Å². The Morgan fingerprint density at radius 2 is 1.76 bits per heavy atom. The van der Waals surface area contributed by atoms with Crippen LogP contribution in [-0.4, -0.2) is 48.9 Å². The topological polar surface area (TPSA) is 48.7 Å². The molecule has 0 radical (unpaired) electrons. The van der Waals surface area contributed by atoms with Crippen LogP contribution in [-0.2, 0) is 6.18 Å². The zero-order valence-electron chi connectivity index (χ0n) is 18.7. The number of hydrogen-bond acceptors (Lipinski definition) is 5. The van der Waals surface area contributed by atoms with Gasteiger partial charge < -0.3 is 14.6 Å². The molecule has 1 aromatic carbocycles. The number of furan rings is 1. The minimum Gasteiger partial charge on any atom is -0.459 e. The molecule has 1 aliphatic heterocycles. The molecule has 5 nitrogen and oxygen atoms in total. The van der Waals surface area contributed by atoms with Gasteiger partial charge in [0.25, 0.3) is 5.91 Å². The van der Waals surface area contributed by atoms with Crippen LogP contribution in [0.25, 0.3) is 0 Å². The Hall–Kier alpha value is -2.62. The molecule has 0 aliphatic carbocycles. The van der Waals surface area contributed by atoms with Crippen LogP contribution in [0.1, 0.15) is 43.7 Å². The number of nitrogens with zero attached hydrogens (tertiary/aromatic N) is 2. The molecule has 4 rings (SSSR count). The van der Waals surface area contributed by atoms with E-state index in [4.69, 9.17) is 4.42 Å². The number of rotatable bonds is 5. The third-order valence-electron chi connectivity index (χ3n) is 6.13. The van der Waals surface area contributed by atoms with E-state index in [1.54, 1.807) is 24.3 Å². The average molecular weight is 478 g/mol. The second-order valence-electron chi connectivity index (χ2n) is 8.32. The van der Waals surface area contributed by atoms with Crippen molar-refractivity contribution in [1.29, 1.82) is 0 Å². The Morgan fingerprint density at radius 1 is 1.09 bits per heavy atom. The van der Waals surface area contributed by atoms with Crippen molar-refractivity contribution in [1.82, 2.24) is 9.80 Å². The molecule has 2 aromatic heterocycles. The van der Waals surface area contributed by atoms with Gasteiger partial charge in [0.1, 0.15) is 5.00 Å². The van der Waals surface area contributed by atoms with E-state index in [2.05, 4.69) is 22.2 Å². The lowest BCUT2D eigenvalue weighted by Gasteiger charge is -2.39. The number of anilines is 1. The molecule has 33 heavy (non-hydrogen) atoms. The molecule has 0 bridgehead atoms. The first-order valence-corrected chi connectivity index (χ1v) is 11.5. The van der Waals surface area contributed by atoms with E-state index in [0.29, 0.717) is 5.00 Å². The lowest BCUT2D eigenvalue weighted by atomic mass is 9.93. The summed E-state index contributed by atoms with van der Waals surface area (Å²) in [5.74, 6) is -0.151. The Morgan fingerprint density at radius 3 is 2.33 bits per heavy atom. The monoisotopic (exact) mass is 477 g/mol. The number of nitrogens with one attached hydrogen (secondary N) is 1. The Labute approximate surface area is 194 Å². The van der Waals surface area contributed by atoms with Gasteiger partial charge in [-0.3, -0.25) is 9.69 Å². The predicted molar refractivity (Wildman–Crippen MR) is 123 cm³/mol. The first kappa shape index (κ1) is 23.5. The third kappa shape index (κ3) is 5.00. The first-order valence-electron chi connectivity index (χ1n) is 10.7. The average Bonchev–Trinajstić information content (AvgIpc) is 3.40. The fraction of sp³-hybridized carbons (Fsp3) is 0.375. The number of likely N-dealkylation sites (N-methyl/N-ethyl adjacent to an activating group) is 1. The molecule has 1 amide bonds. The summed E-state index contributed by atoms with van der Waals surface area (Å²) in [7, 11) is 2.06. The second kappa shape index (κ2) is 9.32. The molecule has 3 aromatic rings. The molecule has 1 atom stereocenters. The molecule has 9 heteroatoms. The van der Waals surface area contributed by atoms with Crippen molar-refractivity contribution in [2.45, 2.75) is 26.1 Å². The van der Waals surface area contributed by atoms with Crippen molar-refractivity contribution in [3.63, 3.8) is 0 Å². The highest BCUT2D eigenvalue weighted by molar-refractivity contribution is 7.16. The van der Waals surface area contributed by atoms with Crippen LogP contribution in [0.2, 0.25) is 0 Å². The van der Waals surface area contributed by atoms with Gasteiger partial charge in [0, 0.05) is 36.6 Å². The van der Waals surface area contributed by atoms with Crippen LogP contribution in [0.5, 0.6) is 0 Å². The van der Waals surface area contributed by atoms with Gasteiger partial charge in [0.15, 0.2) is 5.76 Å². The SMILES string of the molecule is Cc1sc(NC(=O)c2ccco2)c(C(c2ccc(C(F)(F)F)cc2)N2CCN(C)CC2)c1C. The van der Waals surface area contributed by atoms with Crippen molar-refractivity contribution in [3.8, 4) is 0 Å². The van der Waals surface area contributed by atoms with E-state index < -0.39 is 11.7 Å². The predicted octanol–water partition coefficient (Wildman–Crippen LogP) is 5.57. The van der Waals surface area contributed by atoms with Crippen LogP contribution in [0.3, 0.4) is 0 Å². The molecule has 1 aliphatic rings. The minimum atomic E-state index is -4.39. The van der Waals surface area contributed by atoms with Gasteiger partial charge in [-0.15, -0.1) is 11.3 Å². The van der Waals surface area contributed by atoms with E-state index in [9.17, 15) is 18.0 Å². The first-order chi connectivity index (χ1) is 15.6. The van der Waals surface area contributed by atoms with E-state index in [1.165, 1.54) is 17.6 Å². The Kier molecular flexibility index (Phi) is 6.65. The van der Waals surface area contributed by atoms with Gasteiger partial charge in [-0.1, -0.05) is 12.1 Å². The molecule has 3 heterocycles. The van der Waals surface area contributed by atoms with Crippen molar-refractivity contribution in [2.24, 2.45) is 0 Å². The number of carbonyl (C=O) groups is 1. The third-order valence-corrected chi connectivity index (χ3v) is 7.27. The number of thiophene rings is 1. The fourth-order valence-corrected chi connectivity index (χ4v) is 5.22. The fourth-order valence-electron chi connectivity index (χ4n) is 4.13. The van der Waals surface area contributed by atoms with Crippen molar-refractivity contribution < 1.29 is 22.4 Å². The highest BCUT2D eigenvalue weighted by Crippen LogP contribution is 2.43.